The number of nitrogens with one attached hydrogen (secondary N) is 1. The molecule has 0 aliphatic heterocycles. The molecule has 0 aliphatic carbocycles. The van der Waals surface area contributed by atoms with Crippen LogP contribution >= 0.6 is 0 Å². The smallest absolute Gasteiger partial charge is 0.305 e. The van der Waals surface area contributed by atoms with E-state index >= 15 is 0 Å². The number of aldehydes is 1. The number of hydrogen-bond acceptors (Lipinski definition) is 4. The molecule has 1 unspecified atom stereocenters. The minimum atomic E-state index is -1.20. The van der Waals surface area contributed by atoms with Gasteiger partial charge in [-0.1, -0.05) is 37.6 Å². The Morgan fingerprint density at radius 3 is 2.26 bits per heavy atom. The average molecular weight is 376 g/mol. The lowest BCUT2D eigenvalue weighted by Crippen LogP contribution is -2.44. The number of benzene rings is 1. The van der Waals surface area contributed by atoms with Crippen LogP contribution in [0.15, 0.2) is 36.0 Å². The normalized spacial score (nSPS) is 10.6. The molecule has 0 fully saturated rings. The monoisotopic (exact) mass is 376 g/mol. The van der Waals surface area contributed by atoms with Crippen molar-refractivity contribution in [3.8, 4) is 0 Å². The fourth-order valence-electron chi connectivity index (χ4n) is 2.18. The average Bonchev–Trinajstić information content (AvgIpc) is 2.61. The van der Waals surface area contributed by atoms with E-state index in [2.05, 4.69) is 5.32 Å². The first kappa shape index (κ1) is 24.0. The highest BCUT2D eigenvalue weighted by Crippen LogP contribution is 2.12. The van der Waals surface area contributed by atoms with Crippen molar-refractivity contribution in [2.24, 2.45) is 0 Å². The predicted molar refractivity (Wildman–Crippen MR) is 103 cm³/mol. The van der Waals surface area contributed by atoms with Gasteiger partial charge >= 0.3 is 5.97 Å². The lowest BCUT2D eigenvalue weighted by Gasteiger charge is -2.21. The molecule has 0 saturated heterocycles. The van der Waals surface area contributed by atoms with Gasteiger partial charge in [0.2, 0.25) is 5.91 Å². The van der Waals surface area contributed by atoms with Gasteiger partial charge in [0.15, 0.2) is 0 Å². The number of hydrogen-bond donors (Lipinski definition) is 2. The Balaban J connectivity index is 0.00000326. The number of carbonyl (C=O) groups excluding carboxylic acids is 3. The lowest BCUT2D eigenvalue weighted by atomic mass is 10.1. The van der Waals surface area contributed by atoms with Gasteiger partial charge in [-0.3, -0.25) is 14.4 Å². The summed E-state index contributed by atoms with van der Waals surface area (Å²) < 4.78 is 0. The first-order valence-electron chi connectivity index (χ1n) is 8.72. The molecule has 7 nitrogen and oxygen atoms in total. The molecule has 0 spiro atoms. The fourth-order valence-corrected chi connectivity index (χ4v) is 2.18. The number of amides is 2. The van der Waals surface area contributed by atoms with Crippen LogP contribution in [0.1, 0.15) is 50.0 Å². The quantitative estimate of drug-likeness (QED) is 0.679. The maximum Gasteiger partial charge on any atom is 0.305 e. The van der Waals surface area contributed by atoms with E-state index < -0.39 is 24.3 Å². The number of carboxylic acids is 1. The van der Waals surface area contributed by atoms with E-state index in [0.717, 1.165) is 11.1 Å². The summed E-state index contributed by atoms with van der Waals surface area (Å²) in [7, 11) is 0. The zero-order valence-electron chi connectivity index (χ0n) is 16.5. The Morgan fingerprint density at radius 2 is 1.78 bits per heavy atom. The van der Waals surface area contributed by atoms with Crippen LogP contribution in [0, 0.1) is 6.92 Å². The van der Waals surface area contributed by atoms with Crippen LogP contribution in [0.4, 0.5) is 0 Å². The molecular formula is C20H28N2O5. The molecule has 0 heterocycles. The summed E-state index contributed by atoms with van der Waals surface area (Å²) in [6, 6.07) is 5.87. The van der Waals surface area contributed by atoms with Gasteiger partial charge in [-0.25, -0.2) is 0 Å². The zero-order valence-corrected chi connectivity index (χ0v) is 16.5. The number of allylic oxidation sites excluding steroid dienone is 1. The first-order chi connectivity index (χ1) is 12.7. The second-order valence-corrected chi connectivity index (χ2v) is 5.86. The summed E-state index contributed by atoms with van der Waals surface area (Å²) in [4.78, 5) is 47.6. The Bertz CT molecular complexity index is 693. The molecule has 1 aromatic carbocycles. The molecule has 7 heteroatoms. The largest absolute Gasteiger partial charge is 0.481 e. The van der Waals surface area contributed by atoms with Crippen LogP contribution < -0.4 is 5.32 Å². The number of rotatable bonds is 8. The molecular weight excluding hydrogens is 348 g/mol. The molecule has 27 heavy (non-hydrogen) atoms. The number of carboxylic acid groups (broad SMARTS) is 1. The fraction of sp³-hybridized carbons (Fsp3) is 0.400. The second kappa shape index (κ2) is 12.4. The molecule has 0 bridgehead atoms. The summed E-state index contributed by atoms with van der Waals surface area (Å²) in [6.07, 6.45) is 1.39. The molecule has 1 rings (SSSR count). The van der Waals surface area contributed by atoms with Gasteiger partial charge in [0, 0.05) is 11.8 Å². The number of aryl methyl sites for hydroxylation is 1. The van der Waals surface area contributed by atoms with Crippen molar-refractivity contribution < 1.29 is 24.3 Å². The number of carbonyl (C=O) groups is 4. The van der Waals surface area contributed by atoms with Crippen LogP contribution in [-0.2, 0) is 14.4 Å². The maximum absolute atomic E-state index is 12.7. The van der Waals surface area contributed by atoms with E-state index in [1.165, 1.54) is 4.90 Å². The summed E-state index contributed by atoms with van der Waals surface area (Å²) in [5, 5.41) is 11.0. The van der Waals surface area contributed by atoms with Crippen LogP contribution in [0.25, 0.3) is 0 Å². The highest BCUT2D eigenvalue weighted by atomic mass is 16.4. The van der Waals surface area contributed by atoms with Gasteiger partial charge in [0.05, 0.1) is 12.5 Å². The molecule has 2 amide bonds. The first-order valence-corrected chi connectivity index (χ1v) is 8.72. The molecule has 0 aromatic heterocycles. The topological polar surface area (TPSA) is 104 Å². The van der Waals surface area contributed by atoms with Crippen molar-refractivity contribution in [3.05, 3.63) is 47.2 Å². The van der Waals surface area contributed by atoms with Crippen LogP contribution in [0.5, 0.6) is 0 Å². The lowest BCUT2D eigenvalue weighted by molar-refractivity contribution is -0.138. The van der Waals surface area contributed by atoms with Gasteiger partial charge < -0.3 is 20.1 Å². The number of nitrogens with zero attached hydrogens (tertiary/aromatic N) is 1. The van der Waals surface area contributed by atoms with E-state index in [0.29, 0.717) is 11.8 Å². The Morgan fingerprint density at radius 1 is 1.19 bits per heavy atom. The summed E-state index contributed by atoms with van der Waals surface area (Å²) in [5.41, 5.74) is 2.05. The third kappa shape index (κ3) is 8.80. The Kier molecular flexibility index (Phi) is 11.0. The summed E-state index contributed by atoms with van der Waals surface area (Å²) in [6.45, 7) is 9.05. The molecule has 0 radical (unpaired) electrons. The van der Waals surface area contributed by atoms with Crippen molar-refractivity contribution in [3.63, 3.8) is 0 Å². The maximum atomic E-state index is 12.7. The van der Waals surface area contributed by atoms with Crippen molar-refractivity contribution in [1.29, 1.82) is 0 Å². The molecule has 2 N–H and O–H groups in total. The van der Waals surface area contributed by atoms with Gasteiger partial charge in [-0.15, -0.1) is 0 Å². The molecule has 0 aliphatic rings. The SMILES string of the molecule is CC.CC(C)=CN(CC(=O)NC(C=O)CC(=O)O)C(=O)c1ccccc1C. The van der Waals surface area contributed by atoms with Crippen molar-refractivity contribution in [2.45, 2.75) is 47.1 Å². The summed E-state index contributed by atoms with van der Waals surface area (Å²) in [5.74, 6) is -2.16. The molecule has 1 atom stereocenters. The van der Waals surface area contributed by atoms with Crippen molar-refractivity contribution >= 4 is 24.1 Å². The second-order valence-electron chi connectivity index (χ2n) is 5.86. The highest BCUT2D eigenvalue weighted by Gasteiger charge is 2.21. The predicted octanol–water partition coefficient (Wildman–Crippen LogP) is 2.55. The zero-order chi connectivity index (χ0) is 21.0. The minimum Gasteiger partial charge on any atom is -0.481 e. The standard InChI is InChI=1S/C18H22N2O5.C2H6/c1-12(2)9-20(18(25)15-7-5-4-6-13(15)3)10-16(22)19-14(11-21)8-17(23)24;1-2/h4-7,9,11,14H,8,10H2,1-3H3,(H,19,22)(H,23,24);1-2H3. The Labute approximate surface area is 160 Å². The van der Waals surface area contributed by atoms with Gasteiger partial charge in [0.25, 0.3) is 5.91 Å². The summed E-state index contributed by atoms with van der Waals surface area (Å²) >= 11 is 0. The van der Waals surface area contributed by atoms with Gasteiger partial charge in [0.1, 0.15) is 12.8 Å². The van der Waals surface area contributed by atoms with Crippen molar-refractivity contribution in [2.75, 3.05) is 6.54 Å². The molecule has 0 saturated carbocycles. The van der Waals surface area contributed by atoms with Crippen LogP contribution in [0.2, 0.25) is 0 Å². The van der Waals surface area contributed by atoms with Crippen molar-refractivity contribution in [1.82, 2.24) is 10.2 Å². The van der Waals surface area contributed by atoms with E-state index in [4.69, 9.17) is 5.11 Å². The highest BCUT2D eigenvalue weighted by molar-refractivity contribution is 5.98. The van der Waals surface area contributed by atoms with Crippen LogP contribution in [-0.4, -0.2) is 46.7 Å². The Hall–Kier alpha value is -2.96. The van der Waals surface area contributed by atoms with E-state index in [1.54, 1.807) is 45.2 Å². The minimum absolute atomic E-state index is 0.317. The third-order valence-electron chi connectivity index (χ3n) is 3.27. The van der Waals surface area contributed by atoms with E-state index in [-0.39, 0.29) is 12.5 Å². The third-order valence-corrected chi connectivity index (χ3v) is 3.27. The number of aliphatic carboxylic acids is 1. The molecule has 1 aromatic rings. The van der Waals surface area contributed by atoms with E-state index in [1.807, 2.05) is 19.9 Å². The van der Waals surface area contributed by atoms with Gasteiger partial charge in [-0.2, -0.15) is 0 Å². The molecule has 148 valence electrons. The van der Waals surface area contributed by atoms with E-state index in [9.17, 15) is 19.2 Å². The van der Waals surface area contributed by atoms with Gasteiger partial charge in [-0.05, 0) is 32.4 Å². The van der Waals surface area contributed by atoms with Crippen LogP contribution in [0.3, 0.4) is 0 Å².